The molecular formula is C22H27BF2N2. The normalized spacial score (nSPS) is 23.0. The maximum Gasteiger partial charge on any atom is 0.361 e. The fourth-order valence-electron chi connectivity index (χ4n) is 4.84. The van der Waals surface area contributed by atoms with E-state index in [1.807, 2.05) is 13.8 Å². The molecule has 1 aromatic rings. The fraction of sp³-hybridized carbons (Fsp3) is 0.455. The molecule has 0 unspecified atom stereocenters. The minimum absolute atomic E-state index is 0.214. The van der Waals surface area contributed by atoms with Gasteiger partial charge in [-0.25, -0.2) is 0 Å². The van der Waals surface area contributed by atoms with Crippen LogP contribution in [0.3, 0.4) is 0 Å². The summed E-state index contributed by atoms with van der Waals surface area (Å²) >= 11 is 0. The van der Waals surface area contributed by atoms with Crippen molar-refractivity contribution in [3.8, 4) is 0 Å². The molecule has 3 heterocycles. The largest absolute Gasteiger partial charge is 0.395 e. The summed E-state index contributed by atoms with van der Waals surface area (Å²) in [5.41, 5.74) is 6.73. The number of aryl methyl sites for hydroxylation is 1. The molecule has 3 aliphatic rings. The Hall–Kier alpha value is -2.04. The minimum atomic E-state index is -2.83. The molecule has 5 heteroatoms. The van der Waals surface area contributed by atoms with E-state index in [-0.39, 0.29) is 16.6 Å². The van der Waals surface area contributed by atoms with E-state index in [0.717, 1.165) is 31.7 Å². The molecule has 0 radical (unpaired) electrons. The van der Waals surface area contributed by atoms with E-state index in [0.29, 0.717) is 0 Å². The van der Waals surface area contributed by atoms with Crippen LogP contribution in [0.25, 0.3) is 6.08 Å². The molecule has 1 aliphatic carbocycles. The standard InChI is InChI=1S/C22H27BF2N2/c1-13-7-9-26-19(13)11-20-18(8-10-27(20)23-26)12-21(6)14(2)16(4)22(24,25)17(5)15(21)3/h7-9,11,23H,10,12H2,1-6H3. The molecule has 27 heavy (non-hydrogen) atoms. The molecule has 0 N–H and O–H groups in total. The number of hydrogen-bond donors (Lipinski definition) is 0. The van der Waals surface area contributed by atoms with Crippen LogP contribution in [0.15, 0.2) is 51.9 Å². The predicted octanol–water partition coefficient (Wildman–Crippen LogP) is 5.23. The summed E-state index contributed by atoms with van der Waals surface area (Å²) in [7, 11) is 0.853. The molecule has 0 amide bonds. The van der Waals surface area contributed by atoms with E-state index >= 15 is 0 Å². The summed E-state index contributed by atoms with van der Waals surface area (Å²) < 4.78 is 31.5. The van der Waals surface area contributed by atoms with Crippen molar-refractivity contribution in [2.45, 2.75) is 53.9 Å². The van der Waals surface area contributed by atoms with Gasteiger partial charge in [-0.05, 0) is 81.7 Å². The van der Waals surface area contributed by atoms with Crippen LogP contribution in [0.4, 0.5) is 8.78 Å². The molecule has 0 saturated heterocycles. The zero-order valence-electron chi connectivity index (χ0n) is 17.1. The number of nitrogens with zero attached hydrogens (tertiary/aromatic N) is 2. The molecule has 2 aliphatic heterocycles. The molecular weight excluding hydrogens is 341 g/mol. The lowest BCUT2D eigenvalue weighted by Crippen LogP contribution is -2.36. The molecule has 142 valence electrons. The smallest absolute Gasteiger partial charge is 0.361 e. The number of halogens is 2. The van der Waals surface area contributed by atoms with E-state index in [1.165, 1.54) is 22.5 Å². The van der Waals surface area contributed by atoms with Crippen LogP contribution in [0, 0.1) is 12.3 Å². The Kier molecular flexibility index (Phi) is 3.89. The third-order valence-electron chi connectivity index (χ3n) is 7.31. The van der Waals surface area contributed by atoms with E-state index in [2.05, 4.69) is 47.6 Å². The number of hydrogen-bond acceptors (Lipinski definition) is 1. The Morgan fingerprint density at radius 1 is 1.04 bits per heavy atom. The lowest BCUT2D eigenvalue weighted by atomic mass is 9.64. The number of rotatable bonds is 2. The first-order valence-corrected chi connectivity index (χ1v) is 9.64. The van der Waals surface area contributed by atoms with Crippen LogP contribution in [0.1, 0.15) is 52.3 Å². The van der Waals surface area contributed by atoms with Crippen molar-refractivity contribution >= 4 is 13.6 Å². The van der Waals surface area contributed by atoms with Crippen molar-refractivity contribution < 1.29 is 8.78 Å². The first kappa shape index (κ1) is 18.3. The number of fused-ring (bicyclic) bond motifs is 2. The summed E-state index contributed by atoms with van der Waals surface area (Å²) in [6.07, 6.45) is 7.43. The monoisotopic (exact) mass is 368 g/mol. The van der Waals surface area contributed by atoms with Crippen LogP contribution in [-0.4, -0.2) is 29.3 Å². The van der Waals surface area contributed by atoms with Crippen molar-refractivity contribution in [1.82, 2.24) is 9.29 Å². The fourth-order valence-corrected chi connectivity index (χ4v) is 4.84. The minimum Gasteiger partial charge on any atom is -0.395 e. The van der Waals surface area contributed by atoms with E-state index in [1.54, 1.807) is 13.8 Å². The average molecular weight is 368 g/mol. The number of aromatic nitrogens is 1. The van der Waals surface area contributed by atoms with E-state index in [9.17, 15) is 8.78 Å². The maximum atomic E-state index is 14.6. The van der Waals surface area contributed by atoms with Gasteiger partial charge in [-0.15, -0.1) is 0 Å². The number of allylic oxidation sites excluding steroid dienone is 5. The van der Waals surface area contributed by atoms with Crippen LogP contribution >= 0.6 is 0 Å². The van der Waals surface area contributed by atoms with Gasteiger partial charge in [0.15, 0.2) is 0 Å². The summed E-state index contributed by atoms with van der Waals surface area (Å²) in [5.74, 6) is -2.83. The molecule has 0 spiro atoms. The SMILES string of the molecule is CC1=C(C)C(C)(CC2=CCN3Bn4ccc(C)c4C=C23)C(C)=C(C)C1(F)F. The second-order valence-electron chi connectivity index (χ2n) is 8.56. The zero-order valence-corrected chi connectivity index (χ0v) is 17.1. The predicted molar refractivity (Wildman–Crippen MR) is 109 cm³/mol. The highest BCUT2D eigenvalue weighted by molar-refractivity contribution is 6.33. The average Bonchev–Trinajstić information content (AvgIpc) is 3.19. The zero-order chi connectivity index (χ0) is 19.7. The van der Waals surface area contributed by atoms with Crippen molar-refractivity contribution in [3.05, 3.63) is 63.2 Å². The van der Waals surface area contributed by atoms with Gasteiger partial charge in [-0.3, -0.25) is 0 Å². The van der Waals surface area contributed by atoms with Gasteiger partial charge < -0.3 is 9.29 Å². The molecule has 0 aromatic carbocycles. The van der Waals surface area contributed by atoms with Gasteiger partial charge in [0, 0.05) is 23.4 Å². The molecule has 1 aromatic heterocycles. The second kappa shape index (κ2) is 5.73. The van der Waals surface area contributed by atoms with Gasteiger partial charge in [0.1, 0.15) is 0 Å². The van der Waals surface area contributed by atoms with Crippen LogP contribution < -0.4 is 0 Å². The summed E-state index contributed by atoms with van der Waals surface area (Å²) in [6, 6.07) is 2.15. The van der Waals surface area contributed by atoms with Gasteiger partial charge in [0.25, 0.3) is 5.92 Å². The second-order valence-corrected chi connectivity index (χ2v) is 8.56. The highest BCUT2D eigenvalue weighted by Gasteiger charge is 2.47. The molecule has 0 saturated carbocycles. The topological polar surface area (TPSA) is 8.17 Å². The maximum absolute atomic E-state index is 14.6. The third kappa shape index (κ3) is 2.43. The lowest BCUT2D eigenvalue weighted by Gasteiger charge is -2.42. The van der Waals surface area contributed by atoms with Crippen molar-refractivity contribution in [3.63, 3.8) is 0 Å². The molecule has 0 bridgehead atoms. The number of alkyl halides is 2. The van der Waals surface area contributed by atoms with Crippen LogP contribution in [-0.2, 0) is 0 Å². The van der Waals surface area contributed by atoms with E-state index < -0.39 is 5.92 Å². The Morgan fingerprint density at radius 2 is 1.67 bits per heavy atom. The van der Waals surface area contributed by atoms with Gasteiger partial charge in [-0.2, -0.15) is 8.78 Å². The summed E-state index contributed by atoms with van der Waals surface area (Å²) in [4.78, 5) is 2.36. The first-order chi connectivity index (χ1) is 12.6. The quantitative estimate of drug-likeness (QED) is 0.513. The van der Waals surface area contributed by atoms with Crippen LogP contribution in [0.5, 0.6) is 0 Å². The van der Waals surface area contributed by atoms with Crippen molar-refractivity contribution in [2.24, 2.45) is 5.41 Å². The molecule has 0 atom stereocenters. The Balaban J connectivity index is 1.74. The summed E-state index contributed by atoms with van der Waals surface area (Å²) in [6.45, 7) is 12.1. The van der Waals surface area contributed by atoms with Crippen LogP contribution in [0.2, 0.25) is 0 Å². The van der Waals surface area contributed by atoms with Gasteiger partial charge >= 0.3 is 7.55 Å². The Labute approximate surface area is 161 Å². The van der Waals surface area contributed by atoms with Gasteiger partial charge in [0.05, 0.1) is 0 Å². The highest BCUT2D eigenvalue weighted by Crippen LogP contribution is 2.54. The Morgan fingerprint density at radius 3 is 2.30 bits per heavy atom. The molecule has 2 nitrogen and oxygen atoms in total. The van der Waals surface area contributed by atoms with Crippen molar-refractivity contribution in [2.75, 3.05) is 6.54 Å². The van der Waals surface area contributed by atoms with Gasteiger partial charge in [0.2, 0.25) is 0 Å². The first-order valence-electron chi connectivity index (χ1n) is 9.64. The highest BCUT2D eigenvalue weighted by atomic mass is 19.3. The Bertz CT molecular complexity index is 931. The lowest BCUT2D eigenvalue weighted by molar-refractivity contribution is 0.0721. The molecule has 0 fully saturated rings. The third-order valence-corrected chi connectivity index (χ3v) is 7.31. The molecule has 4 rings (SSSR count). The van der Waals surface area contributed by atoms with Crippen molar-refractivity contribution in [1.29, 1.82) is 0 Å². The summed E-state index contributed by atoms with van der Waals surface area (Å²) in [5, 5.41) is 0. The van der Waals surface area contributed by atoms with Gasteiger partial charge in [-0.1, -0.05) is 24.1 Å². The van der Waals surface area contributed by atoms with E-state index in [4.69, 9.17) is 0 Å².